The van der Waals surface area contributed by atoms with Gasteiger partial charge in [-0.3, -0.25) is 0 Å². The van der Waals surface area contributed by atoms with E-state index < -0.39 is 9.84 Å². The lowest BCUT2D eigenvalue weighted by molar-refractivity contribution is 0.282. The summed E-state index contributed by atoms with van der Waals surface area (Å²) in [6.07, 6.45) is 5.29. The number of unbranched alkanes of at least 4 members (excludes halogenated alkanes) is 3. The van der Waals surface area contributed by atoms with Crippen LogP contribution in [-0.2, 0) is 9.84 Å². The van der Waals surface area contributed by atoms with Gasteiger partial charge in [0.25, 0.3) is 0 Å². The Bertz CT molecular complexity index is 214. The van der Waals surface area contributed by atoms with Crippen LogP contribution in [0.1, 0.15) is 25.7 Å². The van der Waals surface area contributed by atoms with Gasteiger partial charge >= 0.3 is 0 Å². The van der Waals surface area contributed by atoms with E-state index in [-0.39, 0.29) is 12.4 Å². The number of hydrogen-bond acceptors (Lipinski definition) is 4. The highest BCUT2D eigenvalue weighted by Gasteiger charge is 1.99. The van der Waals surface area contributed by atoms with Crippen LogP contribution in [0.3, 0.4) is 0 Å². The number of hydrogen-bond donors (Lipinski definition) is 2. The third-order valence-corrected chi connectivity index (χ3v) is 2.86. The Balaban J connectivity index is 3.07. The van der Waals surface area contributed by atoms with Crippen molar-refractivity contribution in [2.24, 2.45) is 0 Å². The van der Waals surface area contributed by atoms with Crippen molar-refractivity contribution in [2.75, 3.05) is 31.7 Å². The molecule has 0 aliphatic rings. The maximum Gasteiger partial charge on any atom is 0.148 e. The molecule has 0 aliphatic heterocycles. The zero-order valence-electron chi connectivity index (χ0n) is 8.83. The molecule has 0 aromatic rings. The van der Waals surface area contributed by atoms with Crippen LogP contribution >= 0.6 is 0 Å². The van der Waals surface area contributed by atoms with Crippen LogP contribution in [0.15, 0.2) is 0 Å². The normalized spacial score (nSPS) is 11.9. The van der Waals surface area contributed by atoms with E-state index in [4.69, 9.17) is 5.11 Å². The van der Waals surface area contributed by atoms with Crippen molar-refractivity contribution in [1.82, 2.24) is 5.32 Å². The molecule has 2 N–H and O–H groups in total. The van der Waals surface area contributed by atoms with Gasteiger partial charge in [0.1, 0.15) is 9.84 Å². The van der Waals surface area contributed by atoms with Crippen LogP contribution in [0.2, 0.25) is 0 Å². The van der Waals surface area contributed by atoms with Gasteiger partial charge in [-0.05, 0) is 19.4 Å². The van der Waals surface area contributed by atoms with Crippen LogP contribution < -0.4 is 5.32 Å². The van der Waals surface area contributed by atoms with Crippen molar-refractivity contribution in [1.29, 1.82) is 0 Å². The zero-order valence-corrected chi connectivity index (χ0v) is 9.65. The second-order valence-corrected chi connectivity index (χ2v) is 5.78. The van der Waals surface area contributed by atoms with Gasteiger partial charge in [-0.1, -0.05) is 12.8 Å². The fourth-order valence-electron chi connectivity index (χ4n) is 1.10. The number of rotatable bonds is 9. The van der Waals surface area contributed by atoms with E-state index in [1.807, 2.05) is 0 Å². The lowest BCUT2D eigenvalue weighted by atomic mass is 10.2. The van der Waals surface area contributed by atoms with Gasteiger partial charge in [-0.25, -0.2) is 8.42 Å². The first-order chi connectivity index (χ1) is 6.56. The van der Waals surface area contributed by atoms with E-state index in [2.05, 4.69) is 5.32 Å². The van der Waals surface area contributed by atoms with Crippen LogP contribution in [0.4, 0.5) is 0 Å². The Hall–Kier alpha value is -0.130. The largest absolute Gasteiger partial charge is 0.396 e. The van der Waals surface area contributed by atoms with Gasteiger partial charge in [0.05, 0.1) is 5.75 Å². The molecule has 0 aromatic heterocycles. The van der Waals surface area contributed by atoms with Gasteiger partial charge in [-0.15, -0.1) is 0 Å². The minimum absolute atomic E-state index is 0.212. The molecule has 0 saturated carbocycles. The first kappa shape index (κ1) is 13.9. The van der Waals surface area contributed by atoms with E-state index in [9.17, 15) is 8.42 Å². The summed E-state index contributed by atoms with van der Waals surface area (Å²) in [5.74, 6) is 0.212. The predicted octanol–water partition coefficient (Wildman–Crippen LogP) is 0.173. The Morgan fingerprint density at radius 2 is 1.71 bits per heavy atom. The first-order valence-electron chi connectivity index (χ1n) is 5.05. The van der Waals surface area contributed by atoms with Gasteiger partial charge in [0, 0.05) is 19.4 Å². The van der Waals surface area contributed by atoms with Crippen molar-refractivity contribution in [3.63, 3.8) is 0 Å². The minimum atomic E-state index is -2.82. The monoisotopic (exact) mass is 223 g/mol. The summed E-state index contributed by atoms with van der Waals surface area (Å²) in [6, 6.07) is 0. The van der Waals surface area contributed by atoms with Crippen molar-refractivity contribution in [3.05, 3.63) is 0 Å². The summed E-state index contributed by atoms with van der Waals surface area (Å²) in [7, 11) is -2.82. The lowest BCUT2D eigenvalue weighted by Crippen LogP contribution is -2.23. The Labute approximate surface area is 86.6 Å². The van der Waals surface area contributed by atoms with Crippen LogP contribution in [-0.4, -0.2) is 45.2 Å². The third kappa shape index (κ3) is 11.9. The average molecular weight is 223 g/mol. The molecule has 14 heavy (non-hydrogen) atoms. The van der Waals surface area contributed by atoms with Gasteiger partial charge < -0.3 is 10.4 Å². The lowest BCUT2D eigenvalue weighted by Gasteiger charge is -2.03. The molecule has 0 fully saturated rings. The Morgan fingerprint density at radius 1 is 1.07 bits per heavy atom. The first-order valence-corrected chi connectivity index (χ1v) is 7.11. The molecule has 0 bridgehead atoms. The molecule has 5 heteroatoms. The summed E-state index contributed by atoms with van der Waals surface area (Å²) in [5, 5.41) is 11.6. The zero-order chi connectivity index (χ0) is 10.9. The quantitative estimate of drug-likeness (QED) is 0.547. The van der Waals surface area contributed by atoms with Crippen LogP contribution in [0.5, 0.6) is 0 Å². The number of aliphatic hydroxyl groups is 1. The molecular formula is C9H21NO3S. The van der Waals surface area contributed by atoms with Crippen molar-refractivity contribution in [2.45, 2.75) is 25.7 Å². The van der Waals surface area contributed by atoms with Crippen molar-refractivity contribution in [3.8, 4) is 0 Å². The van der Waals surface area contributed by atoms with Crippen LogP contribution in [0, 0.1) is 0 Å². The molecule has 0 radical (unpaired) electrons. The summed E-state index contributed by atoms with van der Waals surface area (Å²) >= 11 is 0. The van der Waals surface area contributed by atoms with Gasteiger partial charge in [0.2, 0.25) is 0 Å². The molecule has 4 nitrogen and oxygen atoms in total. The molecule has 0 spiro atoms. The highest BCUT2D eigenvalue weighted by molar-refractivity contribution is 7.90. The molecule has 0 atom stereocenters. The molecule has 0 aromatic carbocycles. The van der Waals surface area contributed by atoms with Crippen molar-refractivity contribution < 1.29 is 13.5 Å². The van der Waals surface area contributed by atoms with E-state index in [1.165, 1.54) is 6.26 Å². The highest BCUT2D eigenvalue weighted by atomic mass is 32.2. The van der Waals surface area contributed by atoms with E-state index in [1.54, 1.807) is 0 Å². The summed E-state index contributed by atoms with van der Waals surface area (Å²) in [5.41, 5.74) is 0. The summed E-state index contributed by atoms with van der Waals surface area (Å²) in [4.78, 5) is 0. The molecule has 0 amide bonds. The maximum absolute atomic E-state index is 10.7. The van der Waals surface area contributed by atoms with E-state index in [0.717, 1.165) is 32.2 Å². The molecule has 0 saturated heterocycles. The highest BCUT2D eigenvalue weighted by Crippen LogP contribution is 1.97. The van der Waals surface area contributed by atoms with Crippen LogP contribution in [0.25, 0.3) is 0 Å². The molecule has 0 aliphatic carbocycles. The van der Waals surface area contributed by atoms with Crippen molar-refractivity contribution >= 4 is 9.84 Å². The van der Waals surface area contributed by atoms with Gasteiger partial charge in [-0.2, -0.15) is 0 Å². The third-order valence-electron chi connectivity index (χ3n) is 1.91. The number of nitrogens with one attached hydrogen (secondary N) is 1. The fourth-order valence-corrected chi connectivity index (χ4v) is 1.61. The average Bonchev–Trinajstić information content (AvgIpc) is 2.08. The number of aliphatic hydroxyl groups excluding tert-OH is 1. The second-order valence-electron chi connectivity index (χ2n) is 3.52. The fraction of sp³-hybridized carbons (Fsp3) is 1.00. The standard InChI is InChI=1S/C9H21NO3S/c1-14(12,13)9-7-10-6-4-2-3-5-8-11/h10-11H,2-9H2,1H3. The van der Waals surface area contributed by atoms with E-state index >= 15 is 0 Å². The number of sulfone groups is 1. The molecule has 0 rings (SSSR count). The molecule has 86 valence electrons. The smallest absolute Gasteiger partial charge is 0.148 e. The maximum atomic E-state index is 10.7. The Morgan fingerprint density at radius 3 is 2.29 bits per heavy atom. The summed E-state index contributed by atoms with van der Waals surface area (Å²) in [6.45, 7) is 1.67. The molecule has 0 heterocycles. The summed E-state index contributed by atoms with van der Waals surface area (Å²) < 4.78 is 21.5. The molecule has 0 unspecified atom stereocenters. The molecular weight excluding hydrogens is 202 g/mol. The topological polar surface area (TPSA) is 66.4 Å². The SMILES string of the molecule is CS(=O)(=O)CCNCCCCCCO. The predicted molar refractivity (Wildman–Crippen MR) is 58.1 cm³/mol. The van der Waals surface area contributed by atoms with Gasteiger partial charge in [0.15, 0.2) is 0 Å². The second kappa shape index (κ2) is 8.20. The Kier molecular flexibility index (Phi) is 8.12. The minimum Gasteiger partial charge on any atom is -0.396 e. The van der Waals surface area contributed by atoms with E-state index in [0.29, 0.717) is 6.54 Å².